The van der Waals surface area contributed by atoms with E-state index in [1.807, 2.05) is 6.07 Å². The number of aliphatic hydroxyl groups excluding tert-OH is 1. The summed E-state index contributed by atoms with van der Waals surface area (Å²) in [6, 6.07) is 6.58. The average molecular weight is 197 g/mol. The van der Waals surface area contributed by atoms with E-state index in [1.165, 1.54) is 12.1 Å². The van der Waals surface area contributed by atoms with Crippen LogP contribution in [0.15, 0.2) is 30.5 Å². The zero-order valence-electron chi connectivity index (χ0n) is 7.24. The maximum absolute atomic E-state index is 12.2. The fraction of sp³-hybridized carbons (Fsp3) is 0.200. The number of fused-ring (bicyclic) bond motifs is 1. The standard InChI is InChI=1S/C10H9F2NO/c11-10(12)9(14)7-2-1-6-3-4-13-8(6)5-7/h1-5,9-10,13-14H. The first-order chi connectivity index (χ1) is 6.68. The Balaban J connectivity index is 2.43. The monoisotopic (exact) mass is 197 g/mol. The first-order valence-electron chi connectivity index (χ1n) is 4.22. The summed E-state index contributed by atoms with van der Waals surface area (Å²) in [7, 11) is 0. The lowest BCUT2D eigenvalue weighted by Crippen LogP contribution is -2.07. The van der Waals surface area contributed by atoms with Crippen LogP contribution in [-0.2, 0) is 0 Å². The number of nitrogens with one attached hydrogen (secondary N) is 1. The normalized spacial score (nSPS) is 13.7. The van der Waals surface area contributed by atoms with Crippen LogP contribution in [0, 0.1) is 0 Å². The molecule has 2 nitrogen and oxygen atoms in total. The maximum Gasteiger partial charge on any atom is 0.268 e. The molecule has 2 rings (SSSR count). The van der Waals surface area contributed by atoms with Gasteiger partial charge in [0.1, 0.15) is 6.10 Å². The Bertz CT molecular complexity index is 438. The van der Waals surface area contributed by atoms with Crippen molar-refractivity contribution in [2.75, 3.05) is 0 Å². The van der Waals surface area contributed by atoms with Crippen molar-refractivity contribution >= 4 is 10.9 Å². The highest BCUT2D eigenvalue weighted by atomic mass is 19.3. The van der Waals surface area contributed by atoms with Crippen LogP contribution in [0.1, 0.15) is 11.7 Å². The molecular weight excluding hydrogens is 188 g/mol. The Hall–Kier alpha value is -1.42. The predicted molar refractivity (Wildman–Crippen MR) is 49.3 cm³/mol. The van der Waals surface area contributed by atoms with E-state index in [0.717, 1.165) is 10.9 Å². The van der Waals surface area contributed by atoms with Gasteiger partial charge in [-0.1, -0.05) is 12.1 Å². The highest BCUT2D eigenvalue weighted by Gasteiger charge is 2.18. The Morgan fingerprint density at radius 2 is 2.00 bits per heavy atom. The Morgan fingerprint density at radius 1 is 1.21 bits per heavy atom. The maximum atomic E-state index is 12.2. The number of rotatable bonds is 2. The molecule has 0 fully saturated rings. The molecule has 0 radical (unpaired) electrons. The zero-order chi connectivity index (χ0) is 10.1. The second kappa shape index (κ2) is 3.38. The minimum atomic E-state index is -2.75. The average Bonchev–Trinajstić information content (AvgIpc) is 2.62. The van der Waals surface area contributed by atoms with Crippen molar-refractivity contribution in [3.8, 4) is 0 Å². The van der Waals surface area contributed by atoms with Gasteiger partial charge in [0.15, 0.2) is 0 Å². The largest absolute Gasteiger partial charge is 0.382 e. The molecular formula is C10H9F2NO. The lowest BCUT2D eigenvalue weighted by molar-refractivity contribution is -0.00571. The van der Waals surface area contributed by atoms with Crippen LogP contribution in [0.25, 0.3) is 10.9 Å². The molecule has 4 heteroatoms. The van der Waals surface area contributed by atoms with Crippen molar-refractivity contribution in [1.82, 2.24) is 4.98 Å². The van der Waals surface area contributed by atoms with E-state index in [1.54, 1.807) is 12.3 Å². The van der Waals surface area contributed by atoms with Crippen LogP contribution < -0.4 is 0 Å². The van der Waals surface area contributed by atoms with E-state index in [4.69, 9.17) is 5.11 Å². The second-order valence-electron chi connectivity index (χ2n) is 3.10. The molecule has 2 N–H and O–H groups in total. The number of halogens is 2. The fourth-order valence-electron chi connectivity index (χ4n) is 1.39. The van der Waals surface area contributed by atoms with Crippen molar-refractivity contribution in [1.29, 1.82) is 0 Å². The number of aromatic nitrogens is 1. The predicted octanol–water partition coefficient (Wildman–Crippen LogP) is 2.47. The Kier molecular flexibility index (Phi) is 2.21. The molecule has 74 valence electrons. The van der Waals surface area contributed by atoms with Crippen LogP contribution in [0.4, 0.5) is 8.78 Å². The van der Waals surface area contributed by atoms with Crippen LogP contribution in [-0.4, -0.2) is 16.5 Å². The number of hydrogen-bond donors (Lipinski definition) is 2. The van der Waals surface area contributed by atoms with Gasteiger partial charge in [0, 0.05) is 11.7 Å². The van der Waals surface area contributed by atoms with Crippen LogP contribution in [0.3, 0.4) is 0 Å². The minimum absolute atomic E-state index is 0.231. The molecule has 2 aromatic rings. The van der Waals surface area contributed by atoms with E-state index in [2.05, 4.69) is 4.98 Å². The molecule has 1 aromatic carbocycles. The van der Waals surface area contributed by atoms with Crippen LogP contribution in [0.2, 0.25) is 0 Å². The van der Waals surface area contributed by atoms with E-state index in [-0.39, 0.29) is 5.56 Å². The number of H-pyrrole nitrogens is 1. The van der Waals surface area contributed by atoms with Crippen molar-refractivity contribution in [2.24, 2.45) is 0 Å². The summed E-state index contributed by atoms with van der Waals surface area (Å²) in [5.41, 5.74) is 0.983. The van der Waals surface area contributed by atoms with Gasteiger partial charge in [-0.2, -0.15) is 0 Å². The first kappa shape index (κ1) is 9.15. The van der Waals surface area contributed by atoms with Gasteiger partial charge in [-0.3, -0.25) is 0 Å². The first-order valence-corrected chi connectivity index (χ1v) is 4.22. The summed E-state index contributed by atoms with van der Waals surface area (Å²) < 4.78 is 24.4. The topological polar surface area (TPSA) is 36.0 Å². The van der Waals surface area contributed by atoms with Crippen molar-refractivity contribution in [3.63, 3.8) is 0 Å². The molecule has 0 aliphatic carbocycles. The molecule has 0 spiro atoms. The summed E-state index contributed by atoms with van der Waals surface area (Å²) in [6.45, 7) is 0. The molecule has 1 unspecified atom stereocenters. The van der Waals surface area contributed by atoms with Gasteiger partial charge in [-0.15, -0.1) is 0 Å². The van der Waals surface area contributed by atoms with Crippen LogP contribution >= 0.6 is 0 Å². The molecule has 1 atom stereocenters. The molecule has 0 aliphatic heterocycles. The molecule has 0 saturated heterocycles. The molecule has 14 heavy (non-hydrogen) atoms. The quantitative estimate of drug-likeness (QED) is 0.762. The number of benzene rings is 1. The molecule has 1 heterocycles. The van der Waals surface area contributed by atoms with E-state index in [0.29, 0.717) is 0 Å². The van der Waals surface area contributed by atoms with Crippen molar-refractivity contribution in [3.05, 3.63) is 36.0 Å². The summed E-state index contributed by atoms with van der Waals surface area (Å²) in [4.78, 5) is 2.90. The summed E-state index contributed by atoms with van der Waals surface area (Å²) in [6.07, 6.45) is -2.73. The summed E-state index contributed by atoms with van der Waals surface area (Å²) >= 11 is 0. The lowest BCUT2D eigenvalue weighted by atomic mass is 10.1. The zero-order valence-corrected chi connectivity index (χ0v) is 7.24. The SMILES string of the molecule is OC(c1ccc2cc[nH]c2c1)C(F)F. The number of hydrogen-bond acceptors (Lipinski definition) is 1. The van der Waals surface area contributed by atoms with Gasteiger partial charge in [0.05, 0.1) is 0 Å². The minimum Gasteiger partial charge on any atom is -0.382 e. The molecule has 1 aromatic heterocycles. The van der Waals surface area contributed by atoms with Gasteiger partial charge in [0.25, 0.3) is 6.43 Å². The molecule has 0 saturated carbocycles. The fourth-order valence-corrected chi connectivity index (χ4v) is 1.39. The van der Waals surface area contributed by atoms with E-state index >= 15 is 0 Å². The van der Waals surface area contributed by atoms with Crippen molar-refractivity contribution < 1.29 is 13.9 Å². The number of alkyl halides is 2. The Morgan fingerprint density at radius 3 is 2.71 bits per heavy atom. The third-order valence-corrected chi connectivity index (χ3v) is 2.16. The molecule has 0 bridgehead atoms. The molecule has 0 aliphatic rings. The van der Waals surface area contributed by atoms with E-state index < -0.39 is 12.5 Å². The lowest BCUT2D eigenvalue weighted by Gasteiger charge is -2.09. The Labute approximate surface area is 79.2 Å². The number of aliphatic hydroxyl groups is 1. The third-order valence-electron chi connectivity index (χ3n) is 2.16. The highest BCUT2D eigenvalue weighted by molar-refractivity contribution is 5.79. The number of aromatic amines is 1. The van der Waals surface area contributed by atoms with Gasteiger partial charge in [-0.05, 0) is 23.1 Å². The summed E-state index contributed by atoms with van der Waals surface area (Å²) in [5, 5.41) is 10.1. The summed E-state index contributed by atoms with van der Waals surface area (Å²) in [5.74, 6) is 0. The smallest absolute Gasteiger partial charge is 0.268 e. The van der Waals surface area contributed by atoms with Crippen molar-refractivity contribution in [2.45, 2.75) is 12.5 Å². The van der Waals surface area contributed by atoms with Gasteiger partial charge >= 0.3 is 0 Å². The van der Waals surface area contributed by atoms with Gasteiger partial charge < -0.3 is 10.1 Å². The second-order valence-corrected chi connectivity index (χ2v) is 3.10. The molecule has 0 amide bonds. The van der Waals surface area contributed by atoms with Gasteiger partial charge in [-0.25, -0.2) is 8.78 Å². The van der Waals surface area contributed by atoms with E-state index in [9.17, 15) is 8.78 Å². The van der Waals surface area contributed by atoms with Crippen LogP contribution in [0.5, 0.6) is 0 Å². The third kappa shape index (κ3) is 1.48. The van der Waals surface area contributed by atoms with Gasteiger partial charge in [0.2, 0.25) is 0 Å². The highest BCUT2D eigenvalue weighted by Crippen LogP contribution is 2.23.